The normalized spacial score (nSPS) is 10.9. The standard InChI is InChI=1S/C23H47NO2.K/c1-3-5-7-9-11-13-15-17-20-24(22-19-23(25)26)21-18-16-14-12-10-8-6-4-2;/h3-22H2,1-2H3,(H,25,26);/q;+1/p-1. The second kappa shape index (κ2) is 25.1. The molecule has 0 unspecified atom stereocenters. The number of carboxylic acids is 1. The zero-order chi connectivity index (χ0) is 19.3. The minimum absolute atomic E-state index is 0. The van der Waals surface area contributed by atoms with Crippen LogP contribution in [0.1, 0.15) is 123 Å². The van der Waals surface area contributed by atoms with Gasteiger partial charge in [-0.05, 0) is 32.4 Å². The molecule has 0 aliphatic rings. The number of unbranched alkanes of at least 4 members (excludes halogenated alkanes) is 14. The Labute approximate surface area is 212 Å². The van der Waals surface area contributed by atoms with Gasteiger partial charge in [0.1, 0.15) is 0 Å². The van der Waals surface area contributed by atoms with Crippen LogP contribution >= 0.6 is 0 Å². The van der Waals surface area contributed by atoms with Crippen LogP contribution < -0.4 is 56.5 Å². The molecule has 4 heteroatoms. The van der Waals surface area contributed by atoms with Crippen LogP contribution in [0, 0.1) is 0 Å². The zero-order valence-corrected chi connectivity index (χ0v) is 22.0. The molecule has 0 saturated carbocycles. The fourth-order valence-corrected chi connectivity index (χ4v) is 3.52. The molecule has 27 heavy (non-hydrogen) atoms. The summed E-state index contributed by atoms with van der Waals surface area (Å²) in [6.07, 6.45) is 21.4. The summed E-state index contributed by atoms with van der Waals surface area (Å²) in [6, 6.07) is 0. The van der Waals surface area contributed by atoms with Gasteiger partial charge in [-0.2, -0.15) is 0 Å². The molecule has 0 atom stereocenters. The molecule has 0 fully saturated rings. The summed E-state index contributed by atoms with van der Waals surface area (Å²) in [4.78, 5) is 13.1. The summed E-state index contributed by atoms with van der Waals surface area (Å²) in [5.74, 6) is -0.915. The smallest absolute Gasteiger partial charge is 0.550 e. The van der Waals surface area contributed by atoms with E-state index >= 15 is 0 Å². The van der Waals surface area contributed by atoms with Gasteiger partial charge >= 0.3 is 51.4 Å². The summed E-state index contributed by atoms with van der Waals surface area (Å²) in [5.41, 5.74) is 0. The predicted molar refractivity (Wildman–Crippen MR) is 111 cm³/mol. The van der Waals surface area contributed by atoms with E-state index in [1.165, 1.54) is 103 Å². The molecule has 156 valence electrons. The summed E-state index contributed by atoms with van der Waals surface area (Å²) < 4.78 is 0. The molecule has 0 rings (SSSR count). The molecular weight excluding hydrogens is 361 g/mol. The molecule has 0 aromatic rings. The van der Waals surface area contributed by atoms with Gasteiger partial charge in [0.2, 0.25) is 0 Å². The third-order valence-electron chi connectivity index (χ3n) is 5.29. The van der Waals surface area contributed by atoms with Crippen molar-refractivity contribution in [1.82, 2.24) is 4.90 Å². The molecule has 0 radical (unpaired) electrons. The van der Waals surface area contributed by atoms with E-state index in [1.54, 1.807) is 0 Å². The van der Waals surface area contributed by atoms with Crippen molar-refractivity contribution in [3.05, 3.63) is 0 Å². The monoisotopic (exact) mass is 407 g/mol. The van der Waals surface area contributed by atoms with Crippen LogP contribution in [0.2, 0.25) is 0 Å². The summed E-state index contributed by atoms with van der Waals surface area (Å²) in [5, 5.41) is 10.8. The van der Waals surface area contributed by atoms with Gasteiger partial charge in [0.05, 0.1) is 0 Å². The number of nitrogens with zero attached hydrogens (tertiary/aromatic N) is 1. The van der Waals surface area contributed by atoms with Gasteiger partial charge in [-0.3, -0.25) is 0 Å². The molecular formula is C23H46KNO2. The van der Waals surface area contributed by atoms with Crippen molar-refractivity contribution in [3.8, 4) is 0 Å². The molecule has 0 N–H and O–H groups in total. The van der Waals surface area contributed by atoms with Crippen LogP contribution in [-0.2, 0) is 4.79 Å². The molecule has 0 aromatic heterocycles. The average molecular weight is 408 g/mol. The van der Waals surface area contributed by atoms with Gasteiger partial charge in [-0.25, -0.2) is 0 Å². The Balaban J connectivity index is 0. The Kier molecular flexibility index (Phi) is 28.1. The first-order valence-electron chi connectivity index (χ1n) is 11.6. The van der Waals surface area contributed by atoms with Gasteiger partial charge in [-0.1, -0.05) is 104 Å². The number of carbonyl (C=O) groups excluding carboxylic acids is 1. The van der Waals surface area contributed by atoms with E-state index in [-0.39, 0.29) is 57.8 Å². The number of carbonyl (C=O) groups is 1. The van der Waals surface area contributed by atoms with Crippen molar-refractivity contribution in [2.24, 2.45) is 0 Å². The minimum atomic E-state index is -0.915. The Hall–Kier alpha value is 1.07. The van der Waals surface area contributed by atoms with E-state index in [4.69, 9.17) is 0 Å². The molecule has 0 aromatic carbocycles. The topological polar surface area (TPSA) is 43.4 Å². The van der Waals surface area contributed by atoms with Gasteiger partial charge in [0.25, 0.3) is 0 Å². The van der Waals surface area contributed by atoms with Crippen LogP contribution in [-0.4, -0.2) is 30.5 Å². The van der Waals surface area contributed by atoms with Crippen LogP contribution in [0.25, 0.3) is 0 Å². The third kappa shape index (κ3) is 25.0. The second-order valence-electron chi connectivity index (χ2n) is 7.91. The first kappa shape index (κ1) is 30.3. The first-order valence-corrected chi connectivity index (χ1v) is 11.6. The minimum Gasteiger partial charge on any atom is -0.550 e. The van der Waals surface area contributed by atoms with Gasteiger partial charge < -0.3 is 14.8 Å². The molecule has 0 spiro atoms. The maximum Gasteiger partial charge on any atom is 1.00 e. The van der Waals surface area contributed by atoms with E-state index in [1.807, 2.05) is 0 Å². The number of carboxylic acid groups (broad SMARTS) is 1. The van der Waals surface area contributed by atoms with Crippen LogP contribution in [0.5, 0.6) is 0 Å². The van der Waals surface area contributed by atoms with E-state index in [2.05, 4.69) is 18.7 Å². The van der Waals surface area contributed by atoms with Gasteiger partial charge in [0, 0.05) is 12.5 Å². The summed E-state index contributed by atoms with van der Waals surface area (Å²) in [7, 11) is 0. The molecule has 0 bridgehead atoms. The largest absolute Gasteiger partial charge is 1.00 e. The Morgan fingerprint density at radius 1 is 0.593 bits per heavy atom. The molecule has 0 heterocycles. The van der Waals surface area contributed by atoms with Crippen molar-refractivity contribution >= 4 is 5.97 Å². The van der Waals surface area contributed by atoms with Crippen molar-refractivity contribution in [2.45, 2.75) is 123 Å². The Morgan fingerprint density at radius 3 is 1.26 bits per heavy atom. The molecule has 0 saturated heterocycles. The van der Waals surface area contributed by atoms with Gasteiger partial charge in [0.15, 0.2) is 0 Å². The first-order chi connectivity index (χ1) is 12.7. The van der Waals surface area contributed by atoms with Crippen LogP contribution in [0.3, 0.4) is 0 Å². The third-order valence-corrected chi connectivity index (χ3v) is 5.29. The quantitative estimate of drug-likeness (QED) is 0.217. The predicted octanol–water partition coefficient (Wildman–Crippen LogP) is 2.71. The van der Waals surface area contributed by atoms with Crippen molar-refractivity contribution in [1.29, 1.82) is 0 Å². The summed E-state index contributed by atoms with van der Waals surface area (Å²) >= 11 is 0. The van der Waals surface area contributed by atoms with Crippen LogP contribution in [0.4, 0.5) is 0 Å². The SMILES string of the molecule is CCCCCCCCCCN(CCCCCCCCCC)CCC(=O)[O-].[K+]. The summed E-state index contributed by atoms with van der Waals surface area (Å²) in [6.45, 7) is 7.29. The number of aliphatic carboxylic acids is 1. The Morgan fingerprint density at radius 2 is 0.926 bits per heavy atom. The van der Waals surface area contributed by atoms with Crippen molar-refractivity contribution < 1.29 is 61.3 Å². The molecule has 0 aliphatic heterocycles. The molecule has 0 amide bonds. The maximum absolute atomic E-state index is 10.8. The number of hydrogen-bond donors (Lipinski definition) is 0. The second-order valence-corrected chi connectivity index (χ2v) is 7.91. The number of rotatable bonds is 21. The van der Waals surface area contributed by atoms with Crippen molar-refractivity contribution in [2.75, 3.05) is 19.6 Å². The van der Waals surface area contributed by atoms with E-state index in [9.17, 15) is 9.90 Å². The number of hydrogen-bond acceptors (Lipinski definition) is 3. The van der Waals surface area contributed by atoms with E-state index < -0.39 is 5.97 Å². The average Bonchev–Trinajstić information content (AvgIpc) is 2.63. The fourth-order valence-electron chi connectivity index (χ4n) is 3.52. The molecule has 3 nitrogen and oxygen atoms in total. The molecule has 0 aliphatic carbocycles. The maximum atomic E-state index is 10.8. The van der Waals surface area contributed by atoms with Crippen molar-refractivity contribution in [3.63, 3.8) is 0 Å². The Bertz CT molecular complexity index is 280. The van der Waals surface area contributed by atoms with E-state index in [0.717, 1.165) is 13.1 Å². The van der Waals surface area contributed by atoms with Gasteiger partial charge in [-0.15, -0.1) is 0 Å². The zero-order valence-electron chi connectivity index (χ0n) is 18.9. The fraction of sp³-hybridized carbons (Fsp3) is 0.957. The van der Waals surface area contributed by atoms with E-state index in [0.29, 0.717) is 6.54 Å². The van der Waals surface area contributed by atoms with Crippen LogP contribution in [0.15, 0.2) is 0 Å².